The van der Waals surface area contributed by atoms with E-state index in [1.54, 1.807) is 13.3 Å². The van der Waals surface area contributed by atoms with Crippen molar-refractivity contribution in [2.24, 2.45) is 0 Å². The Labute approximate surface area is 203 Å². The Morgan fingerprint density at radius 3 is 2.71 bits per heavy atom. The Hall–Kier alpha value is -2.61. The van der Waals surface area contributed by atoms with Crippen molar-refractivity contribution in [3.63, 3.8) is 0 Å². The maximum Gasteiger partial charge on any atom is 0.301 e. The highest BCUT2D eigenvalue weighted by Gasteiger charge is 2.31. The van der Waals surface area contributed by atoms with Crippen molar-refractivity contribution in [2.45, 2.75) is 25.7 Å². The summed E-state index contributed by atoms with van der Waals surface area (Å²) in [6, 6.07) is 5.98. The van der Waals surface area contributed by atoms with E-state index in [1.807, 2.05) is 18.2 Å². The third kappa shape index (κ3) is 4.92. The second kappa shape index (κ2) is 9.56. The Kier molecular flexibility index (Phi) is 6.51. The lowest BCUT2D eigenvalue weighted by Gasteiger charge is -2.31. The molecule has 0 bridgehead atoms. The van der Waals surface area contributed by atoms with Gasteiger partial charge in [0.15, 0.2) is 5.82 Å². The van der Waals surface area contributed by atoms with Crippen LogP contribution in [0.25, 0.3) is 0 Å². The van der Waals surface area contributed by atoms with Crippen LogP contribution in [0.15, 0.2) is 35.0 Å². The van der Waals surface area contributed by atoms with E-state index >= 15 is 0 Å². The van der Waals surface area contributed by atoms with Gasteiger partial charge in [-0.05, 0) is 37.6 Å². The first-order valence-electron chi connectivity index (χ1n) is 11.5. The van der Waals surface area contributed by atoms with Gasteiger partial charge in [0.1, 0.15) is 23.7 Å². The predicted molar refractivity (Wildman–Crippen MR) is 134 cm³/mol. The normalized spacial score (nSPS) is 18.0. The van der Waals surface area contributed by atoms with E-state index in [-0.39, 0.29) is 0 Å². The molecular formula is C23H28ClN6O3P. The van der Waals surface area contributed by atoms with Gasteiger partial charge in [-0.15, -0.1) is 0 Å². The Balaban J connectivity index is 1.34. The smallest absolute Gasteiger partial charge is 0.301 e. The van der Waals surface area contributed by atoms with E-state index in [2.05, 4.69) is 37.4 Å². The summed E-state index contributed by atoms with van der Waals surface area (Å²) in [6.07, 6.45) is 6.88. The van der Waals surface area contributed by atoms with Crippen molar-refractivity contribution in [1.82, 2.24) is 19.9 Å². The van der Waals surface area contributed by atoms with Crippen molar-refractivity contribution < 1.29 is 13.7 Å². The van der Waals surface area contributed by atoms with E-state index in [0.29, 0.717) is 52.5 Å². The molecule has 2 aromatic heterocycles. The number of aromatic nitrogens is 3. The minimum Gasteiger partial charge on any atom is -0.495 e. The summed E-state index contributed by atoms with van der Waals surface area (Å²) >= 11 is 6.36. The van der Waals surface area contributed by atoms with Gasteiger partial charge in [0.25, 0.3) is 0 Å². The number of benzene rings is 1. The summed E-state index contributed by atoms with van der Waals surface area (Å²) in [5, 5.41) is 7.39. The van der Waals surface area contributed by atoms with Crippen LogP contribution in [0.3, 0.4) is 0 Å². The summed E-state index contributed by atoms with van der Waals surface area (Å²) < 4.78 is 24.9. The zero-order valence-corrected chi connectivity index (χ0v) is 20.9. The molecule has 0 spiro atoms. The number of nitrogens with zero attached hydrogens (tertiary/aromatic N) is 4. The number of oxazole rings is 1. The highest BCUT2D eigenvalue weighted by atomic mass is 35.5. The summed E-state index contributed by atoms with van der Waals surface area (Å²) in [7, 11) is -0.853. The SMILES string of the molecule is CCN1CCP(=O)(c2ccc(Nc3nc(Nc4ncc(C5CC5)o4)ncc3Cl)c(OC)c2)CC1. The highest BCUT2D eigenvalue weighted by Crippen LogP contribution is 2.47. The van der Waals surface area contributed by atoms with E-state index < -0.39 is 7.14 Å². The highest BCUT2D eigenvalue weighted by molar-refractivity contribution is 7.71. The van der Waals surface area contributed by atoms with Crippen LogP contribution in [0.5, 0.6) is 5.75 Å². The molecule has 1 aliphatic carbocycles. The average Bonchev–Trinajstić information content (AvgIpc) is 3.60. The van der Waals surface area contributed by atoms with Gasteiger partial charge >= 0.3 is 6.01 Å². The molecule has 1 saturated carbocycles. The maximum atomic E-state index is 13.6. The molecule has 34 heavy (non-hydrogen) atoms. The van der Waals surface area contributed by atoms with Gasteiger partial charge in [0, 0.05) is 36.6 Å². The summed E-state index contributed by atoms with van der Waals surface area (Å²) in [5.41, 5.74) is 0.670. The van der Waals surface area contributed by atoms with Crippen LogP contribution < -0.4 is 20.7 Å². The molecule has 2 aliphatic rings. The summed E-state index contributed by atoms with van der Waals surface area (Å²) in [6.45, 7) is 4.83. The van der Waals surface area contributed by atoms with Gasteiger partial charge in [0.05, 0.1) is 25.2 Å². The molecule has 0 unspecified atom stereocenters. The minimum absolute atomic E-state index is 0.304. The lowest BCUT2D eigenvalue weighted by Crippen LogP contribution is -2.36. The summed E-state index contributed by atoms with van der Waals surface area (Å²) in [5.74, 6) is 2.63. The molecule has 3 aromatic rings. The predicted octanol–water partition coefficient (Wildman–Crippen LogP) is 4.82. The monoisotopic (exact) mass is 502 g/mol. The molecule has 1 aliphatic heterocycles. The third-order valence-corrected chi connectivity index (χ3v) is 9.72. The van der Waals surface area contributed by atoms with E-state index in [4.69, 9.17) is 20.8 Å². The van der Waals surface area contributed by atoms with Crippen molar-refractivity contribution in [1.29, 1.82) is 0 Å². The fourth-order valence-corrected chi connectivity index (χ4v) is 6.87. The number of nitrogens with one attached hydrogen (secondary N) is 2. The maximum absolute atomic E-state index is 13.6. The molecule has 180 valence electrons. The molecular weight excluding hydrogens is 475 g/mol. The van der Waals surface area contributed by atoms with Crippen LogP contribution in [0.2, 0.25) is 5.02 Å². The number of hydrogen-bond donors (Lipinski definition) is 2. The molecule has 0 amide bonds. The quantitative estimate of drug-likeness (QED) is 0.419. The van der Waals surface area contributed by atoms with Gasteiger partial charge < -0.3 is 23.9 Å². The van der Waals surface area contributed by atoms with Crippen LogP contribution in [-0.2, 0) is 4.57 Å². The van der Waals surface area contributed by atoms with Crippen LogP contribution in [0.4, 0.5) is 23.5 Å². The second-order valence-corrected chi connectivity index (χ2v) is 12.2. The molecule has 0 radical (unpaired) electrons. The van der Waals surface area contributed by atoms with Crippen molar-refractivity contribution in [3.8, 4) is 5.75 Å². The fourth-order valence-electron chi connectivity index (χ4n) is 4.08. The van der Waals surface area contributed by atoms with Gasteiger partial charge in [-0.25, -0.2) is 9.97 Å². The van der Waals surface area contributed by atoms with Crippen molar-refractivity contribution in [2.75, 3.05) is 49.7 Å². The number of ether oxygens (including phenoxy) is 1. The number of halogens is 1. The zero-order chi connectivity index (χ0) is 23.7. The fraction of sp³-hybridized carbons (Fsp3) is 0.435. The van der Waals surface area contributed by atoms with E-state index in [0.717, 1.165) is 43.5 Å². The topological polar surface area (TPSA) is 105 Å². The van der Waals surface area contributed by atoms with Gasteiger partial charge in [-0.3, -0.25) is 5.32 Å². The van der Waals surface area contributed by atoms with Gasteiger partial charge in [-0.2, -0.15) is 4.98 Å². The lowest BCUT2D eigenvalue weighted by atomic mass is 10.3. The number of hydrogen-bond acceptors (Lipinski definition) is 9. The minimum atomic E-state index is -2.44. The zero-order valence-electron chi connectivity index (χ0n) is 19.3. The number of methoxy groups -OCH3 is 1. The lowest BCUT2D eigenvalue weighted by molar-refractivity contribution is 0.312. The number of rotatable bonds is 8. The van der Waals surface area contributed by atoms with Crippen LogP contribution >= 0.6 is 18.7 Å². The third-order valence-electron chi connectivity index (χ3n) is 6.38. The first kappa shape index (κ1) is 23.1. The number of anilines is 4. The molecule has 2 fully saturated rings. The van der Waals surface area contributed by atoms with Gasteiger partial charge in [0.2, 0.25) is 5.95 Å². The molecule has 3 heterocycles. The first-order chi connectivity index (χ1) is 16.5. The molecule has 1 aromatic carbocycles. The second-order valence-electron chi connectivity index (χ2n) is 8.64. The standard InChI is InChI=1S/C23H28ClN6O3P/c1-3-30-8-10-34(31,11-9-30)16-6-7-18(19(12-16)32-2)27-21-17(24)13-25-22(28-21)29-23-26-14-20(33-23)15-4-5-15/h6-7,12-15H,3-5,8-11H2,1-2H3,(H2,25,26,27,28,29). The van der Waals surface area contributed by atoms with Crippen LogP contribution in [0.1, 0.15) is 31.4 Å². The van der Waals surface area contributed by atoms with E-state index in [9.17, 15) is 4.57 Å². The van der Waals surface area contributed by atoms with Crippen LogP contribution in [-0.4, -0.2) is 58.9 Å². The van der Waals surface area contributed by atoms with Crippen LogP contribution in [0, 0.1) is 0 Å². The Bertz CT molecular complexity index is 1220. The Morgan fingerprint density at radius 1 is 1.21 bits per heavy atom. The molecule has 0 atom stereocenters. The molecule has 11 heteroatoms. The molecule has 1 saturated heterocycles. The summed E-state index contributed by atoms with van der Waals surface area (Å²) in [4.78, 5) is 15.3. The molecule has 9 nitrogen and oxygen atoms in total. The van der Waals surface area contributed by atoms with E-state index in [1.165, 1.54) is 6.20 Å². The average molecular weight is 503 g/mol. The molecule has 5 rings (SSSR count). The molecule has 2 N–H and O–H groups in total. The first-order valence-corrected chi connectivity index (χ1v) is 13.9. The Morgan fingerprint density at radius 2 is 2.00 bits per heavy atom. The van der Waals surface area contributed by atoms with Crippen molar-refractivity contribution >= 4 is 47.5 Å². The van der Waals surface area contributed by atoms with Crippen molar-refractivity contribution in [3.05, 3.63) is 41.4 Å². The largest absolute Gasteiger partial charge is 0.495 e. The van der Waals surface area contributed by atoms with Gasteiger partial charge in [-0.1, -0.05) is 18.5 Å².